The van der Waals surface area contributed by atoms with Crippen LogP contribution in [0.5, 0.6) is 23.1 Å². The second kappa shape index (κ2) is 10.6. The Kier molecular flexibility index (Phi) is 7.33. The number of aliphatic carboxylic acids is 1. The van der Waals surface area contributed by atoms with Gasteiger partial charge in [-0.15, -0.1) is 0 Å². The topological polar surface area (TPSA) is 95.0 Å². The number of rotatable bonds is 9. The van der Waals surface area contributed by atoms with Gasteiger partial charge >= 0.3 is 5.97 Å². The van der Waals surface area contributed by atoms with Gasteiger partial charge in [-0.05, 0) is 55.7 Å². The number of hydrogen-bond acceptors (Lipinski definition) is 6. The molecule has 0 amide bonds. The van der Waals surface area contributed by atoms with Gasteiger partial charge in [0.25, 0.3) is 0 Å². The molecule has 2 aromatic carbocycles. The van der Waals surface area contributed by atoms with Crippen molar-refractivity contribution in [1.82, 2.24) is 4.98 Å². The van der Waals surface area contributed by atoms with Crippen molar-refractivity contribution in [3.63, 3.8) is 0 Å². The molecule has 7 nitrogen and oxygen atoms in total. The fraction of sp³-hybridized carbons (Fsp3) is 0.269. The van der Waals surface area contributed by atoms with Gasteiger partial charge in [0.1, 0.15) is 17.2 Å². The molecule has 176 valence electrons. The Labute approximate surface area is 202 Å². The first-order valence-corrected chi connectivity index (χ1v) is 11.3. The van der Waals surface area contributed by atoms with Gasteiger partial charge in [-0.1, -0.05) is 17.7 Å². The van der Waals surface area contributed by atoms with E-state index in [1.807, 2.05) is 12.1 Å². The lowest BCUT2D eigenvalue weighted by Crippen LogP contribution is -2.20. The molecule has 0 saturated heterocycles. The highest BCUT2D eigenvalue weighted by Gasteiger charge is 2.29. The van der Waals surface area contributed by atoms with E-state index < -0.39 is 11.9 Å². The average Bonchev–Trinajstić information content (AvgIpc) is 2.84. The third-order valence-electron chi connectivity index (χ3n) is 5.63. The first kappa shape index (κ1) is 23.6. The molecule has 1 N–H and O–H groups in total. The van der Waals surface area contributed by atoms with Crippen molar-refractivity contribution in [2.24, 2.45) is 0 Å². The second-order valence-electron chi connectivity index (χ2n) is 7.92. The number of aryl methyl sites for hydroxylation is 1. The van der Waals surface area contributed by atoms with E-state index in [2.05, 4.69) is 4.98 Å². The number of benzene rings is 2. The molecule has 0 fully saturated rings. The minimum absolute atomic E-state index is 0.0365. The van der Waals surface area contributed by atoms with Crippen molar-refractivity contribution in [2.75, 3.05) is 13.7 Å². The maximum absolute atomic E-state index is 12.6. The number of ketones is 1. The lowest BCUT2D eigenvalue weighted by molar-refractivity contribution is -0.139. The van der Waals surface area contributed by atoms with Crippen molar-refractivity contribution in [2.45, 2.75) is 31.6 Å². The normalized spacial score (nSPS) is 14.6. The fourth-order valence-electron chi connectivity index (χ4n) is 3.85. The maximum Gasteiger partial charge on any atom is 0.311 e. The molecule has 0 spiro atoms. The Morgan fingerprint density at radius 3 is 2.71 bits per heavy atom. The van der Waals surface area contributed by atoms with Crippen LogP contribution in [-0.2, 0) is 11.2 Å². The van der Waals surface area contributed by atoms with Gasteiger partial charge in [-0.2, -0.15) is 0 Å². The number of ether oxygens (including phenoxy) is 3. The highest BCUT2D eigenvalue weighted by Crippen LogP contribution is 2.41. The van der Waals surface area contributed by atoms with Crippen LogP contribution in [0.2, 0.25) is 5.02 Å². The zero-order valence-corrected chi connectivity index (χ0v) is 19.4. The molecule has 1 aromatic heterocycles. The molecule has 1 atom stereocenters. The van der Waals surface area contributed by atoms with Crippen LogP contribution in [0.25, 0.3) is 0 Å². The first-order chi connectivity index (χ1) is 16.4. The summed E-state index contributed by atoms with van der Waals surface area (Å²) in [6, 6.07) is 15.6. The summed E-state index contributed by atoms with van der Waals surface area (Å²) in [5.74, 6) is 0.354. The predicted molar refractivity (Wildman–Crippen MR) is 127 cm³/mol. The number of carboxylic acids is 1. The Balaban J connectivity index is 1.37. The molecular weight excluding hydrogens is 458 g/mol. The number of carbonyl (C=O) groups excluding carboxylic acids is 1. The van der Waals surface area contributed by atoms with E-state index in [1.54, 1.807) is 49.6 Å². The predicted octanol–water partition coefficient (Wildman–Crippen LogP) is 5.69. The van der Waals surface area contributed by atoms with Crippen LogP contribution in [0.15, 0.2) is 54.6 Å². The number of carbonyl (C=O) groups is 2. The number of halogens is 1. The SMILES string of the molecule is COc1cccc(CCCC(=O)c2ccc(Oc3cc4c(cc3Cl)C(C(=O)O)CCO4)cc2)n1. The van der Waals surface area contributed by atoms with Crippen LogP contribution < -0.4 is 14.2 Å². The van der Waals surface area contributed by atoms with Crippen molar-refractivity contribution in [1.29, 1.82) is 0 Å². The van der Waals surface area contributed by atoms with E-state index in [0.717, 1.165) is 5.69 Å². The lowest BCUT2D eigenvalue weighted by Gasteiger charge is -2.24. The Morgan fingerprint density at radius 1 is 1.18 bits per heavy atom. The van der Waals surface area contributed by atoms with Crippen molar-refractivity contribution >= 4 is 23.4 Å². The summed E-state index contributed by atoms with van der Waals surface area (Å²) < 4.78 is 16.6. The number of aromatic nitrogens is 1. The van der Waals surface area contributed by atoms with E-state index in [4.69, 9.17) is 25.8 Å². The summed E-state index contributed by atoms with van der Waals surface area (Å²) in [6.45, 7) is 0.315. The molecule has 0 radical (unpaired) electrons. The lowest BCUT2D eigenvalue weighted by atomic mass is 9.93. The van der Waals surface area contributed by atoms with E-state index in [0.29, 0.717) is 71.6 Å². The highest BCUT2D eigenvalue weighted by atomic mass is 35.5. The smallest absolute Gasteiger partial charge is 0.311 e. The maximum atomic E-state index is 12.6. The van der Waals surface area contributed by atoms with Crippen LogP contribution >= 0.6 is 11.6 Å². The largest absolute Gasteiger partial charge is 0.493 e. The molecule has 0 aliphatic carbocycles. The summed E-state index contributed by atoms with van der Waals surface area (Å²) in [6.07, 6.45) is 2.16. The van der Waals surface area contributed by atoms with E-state index in [-0.39, 0.29) is 5.78 Å². The molecule has 0 bridgehead atoms. The number of Topliss-reactive ketones (excluding diaryl/α,β-unsaturated/α-hetero) is 1. The van der Waals surface area contributed by atoms with Crippen LogP contribution in [0.3, 0.4) is 0 Å². The van der Waals surface area contributed by atoms with E-state index in [1.165, 1.54) is 0 Å². The van der Waals surface area contributed by atoms with Gasteiger partial charge in [-0.3, -0.25) is 9.59 Å². The van der Waals surface area contributed by atoms with E-state index in [9.17, 15) is 14.7 Å². The number of fused-ring (bicyclic) bond motifs is 1. The minimum atomic E-state index is -0.908. The van der Waals surface area contributed by atoms with Crippen LogP contribution in [0.4, 0.5) is 0 Å². The minimum Gasteiger partial charge on any atom is -0.493 e. The summed E-state index contributed by atoms with van der Waals surface area (Å²) in [7, 11) is 1.57. The number of methoxy groups -OCH3 is 1. The summed E-state index contributed by atoms with van der Waals surface area (Å²) in [5, 5.41) is 9.71. The van der Waals surface area contributed by atoms with Gasteiger partial charge in [-0.25, -0.2) is 4.98 Å². The first-order valence-electron chi connectivity index (χ1n) is 10.9. The fourth-order valence-corrected chi connectivity index (χ4v) is 4.06. The van der Waals surface area contributed by atoms with Crippen LogP contribution in [-0.4, -0.2) is 35.6 Å². The van der Waals surface area contributed by atoms with Crippen molar-refractivity contribution < 1.29 is 28.9 Å². The Hall–Kier alpha value is -3.58. The molecule has 3 aromatic rings. The zero-order chi connectivity index (χ0) is 24.1. The third-order valence-corrected chi connectivity index (χ3v) is 5.93. The quantitative estimate of drug-likeness (QED) is 0.392. The number of hydrogen-bond donors (Lipinski definition) is 1. The van der Waals surface area contributed by atoms with Crippen LogP contribution in [0, 0.1) is 0 Å². The average molecular weight is 482 g/mol. The Morgan fingerprint density at radius 2 is 1.97 bits per heavy atom. The van der Waals surface area contributed by atoms with Crippen molar-refractivity contribution in [3.8, 4) is 23.1 Å². The molecule has 2 heterocycles. The zero-order valence-electron chi connectivity index (χ0n) is 18.6. The van der Waals surface area contributed by atoms with Gasteiger partial charge in [0.05, 0.1) is 24.7 Å². The summed E-state index contributed by atoms with van der Waals surface area (Å²) in [5.41, 5.74) is 2.02. The van der Waals surface area contributed by atoms with Crippen LogP contribution in [0.1, 0.15) is 46.8 Å². The molecule has 1 aliphatic heterocycles. The molecule has 8 heteroatoms. The van der Waals surface area contributed by atoms with Gasteiger partial charge in [0.2, 0.25) is 5.88 Å². The highest BCUT2D eigenvalue weighted by molar-refractivity contribution is 6.32. The number of pyridine rings is 1. The second-order valence-corrected chi connectivity index (χ2v) is 8.33. The van der Waals surface area contributed by atoms with Gasteiger partial charge in [0.15, 0.2) is 5.78 Å². The molecule has 1 unspecified atom stereocenters. The molecule has 0 saturated carbocycles. The van der Waals surface area contributed by atoms with Gasteiger partial charge < -0.3 is 19.3 Å². The summed E-state index contributed by atoms with van der Waals surface area (Å²) in [4.78, 5) is 28.4. The molecule has 1 aliphatic rings. The number of carboxylic acid groups (broad SMARTS) is 1. The molecule has 34 heavy (non-hydrogen) atoms. The molecular formula is C26H24ClNO6. The summed E-state index contributed by atoms with van der Waals surface area (Å²) >= 11 is 6.35. The van der Waals surface area contributed by atoms with E-state index >= 15 is 0 Å². The monoisotopic (exact) mass is 481 g/mol. The van der Waals surface area contributed by atoms with Crippen molar-refractivity contribution in [3.05, 3.63) is 76.4 Å². The standard InChI is InChI=1S/C26H24ClNO6/c1-32-25-7-3-5-17(28-25)4-2-6-22(29)16-8-10-18(11-9-16)34-24-15-23-20(14-21(24)27)19(26(30)31)12-13-33-23/h3,5,7-11,14-15,19H,2,4,6,12-13H2,1H3,(H,30,31). The van der Waals surface area contributed by atoms with Gasteiger partial charge in [0, 0.05) is 35.4 Å². The Bertz CT molecular complexity index is 1190. The molecule has 4 rings (SSSR count). The number of nitrogens with zero attached hydrogens (tertiary/aromatic N) is 1. The third kappa shape index (κ3) is 5.48.